The van der Waals surface area contributed by atoms with Gasteiger partial charge in [0.2, 0.25) is 0 Å². The summed E-state index contributed by atoms with van der Waals surface area (Å²) in [4.78, 5) is 1.36. The summed E-state index contributed by atoms with van der Waals surface area (Å²) in [6.07, 6.45) is 2.33. The number of hydrogen-bond donors (Lipinski definition) is 2. The van der Waals surface area contributed by atoms with E-state index in [4.69, 9.17) is 0 Å². The van der Waals surface area contributed by atoms with E-state index in [1.165, 1.54) is 11.3 Å². The summed E-state index contributed by atoms with van der Waals surface area (Å²) in [5, 5.41) is 14.8. The van der Waals surface area contributed by atoms with E-state index < -0.39 is 0 Å². The SMILES string of the molecule is OCC1CCCNC1c1cccs1. The van der Waals surface area contributed by atoms with Crippen LogP contribution < -0.4 is 5.32 Å². The van der Waals surface area contributed by atoms with Gasteiger partial charge >= 0.3 is 0 Å². The zero-order valence-electron chi connectivity index (χ0n) is 7.57. The van der Waals surface area contributed by atoms with E-state index in [-0.39, 0.29) is 0 Å². The number of hydrogen-bond acceptors (Lipinski definition) is 3. The molecule has 0 amide bonds. The average Bonchev–Trinajstić information content (AvgIpc) is 2.70. The van der Waals surface area contributed by atoms with Gasteiger partial charge in [-0.15, -0.1) is 11.3 Å². The summed E-state index contributed by atoms with van der Waals surface area (Å²) in [5.41, 5.74) is 0. The third kappa shape index (κ3) is 1.93. The van der Waals surface area contributed by atoms with Crippen LogP contribution >= 0.6 is 11.3 Å². The third-order valence-electron chi connectivity index (χ3n) is 2.67. The quantitative estimate of drug-likeness (QED) is 0.757. The van der Waals surface area contributed by atoms with Crippen molar-refractivity contribution in [3.8, 4) is 0 Å². The van der Waals surface area contributed by atoms with Crippen LogP contribution in [-0.2, 0) is 0 Å². The largest absolute Gasteiger partial charge is 0.396 e. The van der Waals surface area contributed by atoms with Gasteiger partial charge in [0.25, 0.3) is 0 Å². The number of nitrogens with one attached hydrogen (secondary N) is 1. The van der Waals surface area contributed by atoms with E-state index in [1.54, 1.807) is 11.3 Å². The lowest BCUT2D eigenvalue weighted by Gasteiger charge is -2.30. The molecule has 0 radical (unpaired) electrons. The summed E-state index contributed by atoms with van der Waals surface area (Å²) in [7, 11) is 0. The fourth-order valence-electron chi connectivity index (χ4n) is 1.95. The van der Waals surface area contributed by atoms with Gasteiger partial charge < -0.3 is 10.4 Å². The lowest BCUT2D eigenvalue weighted by molar-refractivity contribution is 0.161. The highest BCUT2D eigenvalue weighted by molar-refractivity contribution is 7.10. The lowest BCUT2D eigenvalue weighted by Crippen LogP contribution is -2.35. The van der Waals surface area contributed by atoms with E-state index in [1.807, 2.05) is 0 Å². The molecule has 2 nitrogen and oxygen atoms in total. The van der Waals surface area contributed by atoms with Crippen LogP contribution in [0.15, 0.2) is 17.5 Å². The third-order valence-corrected chi connectivity index (χ3v) is 3.63. The molecule has 1 saturated heterocycles. The molecular weight excluding hydrogens is 182 g/mol. The van der Waals surface area contributed by atoms with Crippen molar-refractivity contribution < 1.29 is 5.11 Å². The van der Waals surface area contributed by atoms with Crippen molar-refractivity contribution >= 4 is 11.3 Å². The Bertz CT molecular complexity index is 247. The van der Waals surface area contributed by atoms with Crippen molar-refractivity contribution in [3.63, 3.8) is 0 Å². The first-order chi connectivity index (χ1) is 6.42. The summed E-state index contributed by atoms with van der Waals surface area (Å²) in [5.74, 6) is 0.410. The molecule has 2 rings (SSSR count). The maximum absolute atomic E-state index is 9.22. The first-order valence-electron chi connectivity index (χ1n) is 4.79. The van der Waals surface area contributed by atoms with Crippen LogP contribution in [0, 0.1) is 5.92 Å². The second-order valence-electron chi connectivity index (χ2n) is 3.53. The van der Waals surface area contributed by atoms with Crippen LogP contribution in [0.1, 0.15) is 23.8 Å². The van der Waals surface area contributed by atoms with Crippen molar-refractivity contribution in [2.75, 3.05) is 13.2 Å². The first kappa shape index (κ1) is 9.19. The minimum atomic E-state index is 0.301. The second-order valence-corrected chi connectivity index (χ2v) is 4.51. The van der Waals surface area contributed by atoms with Gasteiger partial charge in [0.1, 0.15) is 0 Å². The highest BCUT2D eigenvalue weighted by Crippen LogP contribution is 2.31. The van der Waals surface area contributed by atoms with Crippen LogP contribution in [-0.4, -0.2) is 18.3 Å². The van der Waals surface area contributed by atoms with Gasteiger partial charge in [0, 0.05) is 23.4 Å². The Labute approximate surface area is 82.6 Å². The normalized spacial score (nSPS) is 29.0. The molecule has 13 heavy (non-hydrogen) atoms. The van der Waals surface area contributed by atoms with Crippen LogP contribution in [0.25, 0.3) is 0 Å². The van der Waals surface area contributed by atoms with Gasteiger partial charge in [-0.25, -0.2) is 0 Å². The highest BCUT2D eigenvalue weighted by Gasteiger charge is 2.25. The molecule has 2 N–H and O–H groups in total. The number of aliphatic hydroxyl groups excluding tert-OH is 1. The standard InChI is InChI=1S/C10H15NOS/c12-7-8-3-1-5-11-10(8)9-4-2-6-13-9/h2,4,6,8,10-12H,1,3,5,7H2. The molecule has 1 aliphatic heterocycles. The summed E-state index contributed by atoms with van der Waals surface area (Å²) in [6.45, 7) is 1.38. The molecule has 2 atom stereocenters. The number of piperidine rings is 1. The van der Waals surface area contributed by atoms with Crippen LogP contribution in [0.5, 0.6) is 0 Å². The maximum atomic E-state index is 9.22. The molecule has 0 saturated carbocycles. The van der Waals surface area contributed by atoms with Gasteiger partial charge in [0.05, 0.1) is 0 Å². The maximum Gasteiger partial charge on any atom is 0.0477 e. The van der Waals surface area contributed by atoms with Crippen molar-refractivity contribution in [3.05, 3.63) is 22.4 Å². The van der Waals surface area contributed by atoms with Crippen LogP contribution in [0.2, 0.25) is 0 Å². The average molecular weight is 197 g/mol. The summed E-state index contributed by atoms with van der Waals surface area (Å²) in [6, 6.07) is 4.61. The molecule has 1 aliphatic rings. The van der Waals surface area contributed by atoms with Crippen LogP contribution in [0.4, 0.5) is 0 Å². The van der Waals surface area contributed by atoms with Crippen molar-refractivity contribution in [2.24, 2.45) is 5.92 Å². The molecule has 1 fully saturated rings. The molecule has 0 aliphatic carbocycles. The molecule has 0 aromatic carbocycles. The van der Waals surface area contributed by atoms with E-state index in [0.29, 0.717) is 18.6 Å². The van der Waals surface area contributed by atoms with E-state index in [9.17, 15) is 5.11 Å². The van der Waals surface area contributed by atoms with Crippen molar-refractivity contribution in [2.45, 2.75) is 18.9 Å². The predicted octanol–water partition coefficient (Wildman–Crippen LogP) is 1.78. The Morgan fingerprint density at radius 3 is 3.23 bits per heavy atom. The van der Waals surface area contributed by atoms with Crippen molar-refractivity contribution in [1.82, 2.24) is 5.32 Å². The first-order valence-corrected chi connectivity index (χ1v) is 5.67. The van der Waals surface area contributed by atoms with E-state index in [0.717, 1.165) is 13.0 Å². The molecule has 2 heterocycles. The van der Waals surface area contributed by atoms with E-state index >= 15 is 0 Å². The fourth-order valence-corrected chi connectivity index (χ4v) is 2.85. The minimum absolute atomic E-state index is 0.301. The fraction of sp³-hybridized carbons (Fsp3) is 0.600. The molecule has 0 spiro atoms. The number of rotatable bonds is 2. The Morgan fingerprint density at radius 1 is 1.62 bits per heavy atom. The molecular formula is C10H15NOS. The summed E-state index contributed by atoms with van der Waals surface area (Å²) >= 11 is 1.77. The van der Waals surface area contributed by atoms with Gasteiger partial charge in [0.15, 0.2) is 0 Å². The molecule has 0 bridgehead atoms. The van der Waals surface area contributed by atoms with Gasteiger partial charge in [-0.3, -0.25) is 0 Å². The summed E-state index contributed by atoms with van der Waals surface area (Å²) < 4.78 is 0. The zero-order valence-corrected chi connectivity index (χ0v) is 8.39. The molecule has 72 valence electrons. The zero-order chi connectivity index (χ0) is 9.10. The van der Waals surface area contributed by atoms with Crippen molar-refractivity contribution in [1.29, 1.82) is 0 Å². The smallest absolute Gasteiger partial charge is 0.0477 e. The number of thiophene rings is 1. The predicted molar refractivity (Wildman–Crippen MR) is 54.9 cm³/mol. The Hall–Kier alpha value is -0.380. The topological polar surface area (TPSA) is 32.3 Å². The molecule has 3 heteroatoms. The minimum Gasteiger partial charge on any atom is -0.396 e. The van der Waals surface area contributed by atoms with Gasteiger partial charge in [-0.05, 0) is 30.8 Å². The Balaban J connectivity index is 2.11. The van der Waals surface area contributed by atoms with Crippen LogP contribution in [0.3, 0.4) is 0 Å². The molecule has 2 unspecified atom stereocenters. The second kappa shape index (κ2) is 4.22. The monoisotopic (exact) mass is 197 g/mol. The Kier molecular flexibility index (Phi) is 2.98. The van der Waals surface area contributed by atoms with E-state index in [2.05, 4.69) is 22.8 Å². The molecule has 1 aromatic rings. The lowest BCUT2D eigenvalue weighted by atomic mass is 9.91. The van der Waals surface area contributed by atoms with Gasteiger partial charge in [-0.1, -0.05) is 6.07 Å². The number of aliphatic hydroxyl groups is 1. The van der Waals surface area contributed by atoms with Gasteiger partial charge in [-0.2, -0.15) is 0 Å². The highest BCUT2D eigenvalue weighted by atomic mass is 32.1. The Morgan fingerprint density at radius 2 is 2.54 bits per heavy atom. The molecule has 1 aromatic heterocycles.